The molecule has 0 saturated heterocycles. The van der Waals surface area contributed by atoms with Gasteiger partial charge in [-0.05, 0) is 36.7 Å². The number of phenolic OH excluding ortho intramolecular Hbond substituents is 4. The van der Waals surface area contributed by atoms with Crippen LogP contribution in [-0.2, 0) is 13.0 Å². The van der Waals surface area contributed by atoms with E-state index >= 15 is 0 Å². The fourth-order valence-electron chi connectivity index (χ4n) is 2.00. The topological polar surface area (TPSA) is 93.0 Å². The molecule has 0 bridgehead atoms. The van der Waals surface area contributed by atoms with E-state index in [1.165, 1.54) is 12.1 Å². The predicted molar refractivity (Wildman–Crippen MR) is 75.0 cm³/mol. The summed E-state index contributed by atoms with van der Waals surface area (Å²) < 4.78 is 0. The molecule has 0 radical (unpaired) electrons. The van der Waals surface area contributed by atoms with Gasteiger partial charge >= 0.3 is 0 Å². The average Bonchev–Trinajstić information content (AvgIpc) is 2.47. The highest BCUT2D eigenvalue weighted by atomic mass is 16.3. The largest absolute Gasteiger partial charge is 0.504 e. The molecule has 2 aromatic rings. The van der Waals surface area contributed by atoms with Gasteiger partial charge < -0.3 is 25.7 Å². The standard InChI is InChI=1S/C9H11NO2.C6H6O2/c11-8-2-1-6-3-4-10-5-7(6)9(8)12;7-5-3-1-2-4-6(5)8/h1-2,10-12H,3-5H2;1-4,7-8H. The molecule has 0 fully saturated rings. The molecule has 0 aliphatic carbocycles. The molecule has 0 saturated carbocycles. The zero-order chi connectivity index (χ0) is 14.5. The van der Waals surface area contributed by atoms with Crippen molar-refractivity contribution in [2.75, 3.05) is 6.54 Å². The minimum Gasteiger partial charge on any atom is -0.504 e. The van der Waals surface area contributed by atoms with Crippen LogP contribution in [0.4, 0.5) is 0 Å². The maximum atomic E-state index is 9.45. The van der Waals surface area contributed by atoms with Crippen molar-refractivity contribution in [3.63, 3.8) is 0 Å². The van der Waals surface area contributed by atoms with Gasteiger partial charge in [0.1, 0.15) is 0 Å². The molecule has 1 aliphatic heterocycles. The van der Waals surface area contributed by atoms with Crippen molar-refractivity contribution in [2.24, 2.45) is 0 Å². The second kappa shape index (κ2) is 6.16. The number of phenols is 4. The second-order valence-electron chi connectivity index (χ2n) is 4.49. The molecule has 3 rings (SSSR count). The van der Waals surface area contributed by atoms with E-state index in [4.69, 9.17) is 10.2 Å². The Labute approximate surface area is 116 Å². The molecule has 0 amide bonds. The van der Waals surface area contributed by atoms with Gasteiger partial charge in [0.05, 0.1) is 0 Å². The summed E-state index contributed by atoms with van der Waals surface area (Å²) in [4.78, 5) is 0. The van der Waals surface area contributed by atoms with E-state index in [0.717, 1.165) is 24.1 Å². The third-order valence-corrected chi connectivity index (χ3v) is 3.11. The van der Waals surface area contributed by atoms with Crippen LogP contribution in [0.25, 0.3) is 0 Å². The Morgan fingerprint density at radius 2 is 1.45 bits per heavy atom. The second-order valence-corrected chi connectivity index (χ2v) is 4.49. The first-order valence-electron chi connectivity index (χ1n) is 6.30. The average molecular weight is 275 g/mol. The molecule has 5 nitrogen and oxygen atoms in total. The zero-order valence-corrected chi connectivity index (χ0v) is 10.9. The zero-order valence-electron chi connectivity index (χ0n) is 10.9. The van der Waals surface area contributed by atoms with E-state index in [2.05, 4.69) is 5.32 Å². The van der Waals surface area contributed by atoms with Crippen molar-refractivity contribution < 1.29 is 20.4 Å². The molecule has 106 valence electrons. The lowest BCUT2D eigenvalue weighted by Gasteiger charge is -2.18. The highest BCUT2D eigenvalue weighted by Crippen LogP contribution is 2.32. The summed E-state index contributed by atoms with van der Waals surface area (Å²) in [6.07, 6.45) is 0.920. The van der Waals surface area contributed by atoms with Crippen LogP contribution in [0.3, 0.4) is 0 Å². The van der Waals surface area contributed by atoms with Gasteiger partial charge in [0.25, 0.3) is 0 Å². The van der Waals surface area contributed by atoms with Gasteiger partial charge in [0, 0.05) is 12.1 Å². The highest BCUT2D eigenvalue weighted by Gasteiger charge is 2.14. The molecule has 20 heavy (non-hydrogen) atoms. The highest BCUT2D eigenvalue weighted by molar-refractivity contribution is 5.49. The molecular weight excluding hydrogens is 258 g/mol. The summed E-state index contributed by atoms with van der Waals surface area (Å²) in [6.45, 7) is 1.59. The van der Waals surface area contributed by atoms with Crippen molar-refractivity contribution in [3.05, 3.63) is 47.5 Å². The van der Waals surface area contributed by atoms with E-state index in [1.54, 1.807) is 18.2 Å². The van der Waals surface area contributed by atoms with Gasteiger partial charge in [0.2, 0.25) is 0 Å². The molecule has 0 atom stereocenters. The maximum Gasteiger partial charge on any atom is 0.162 e. The molecule has 5 heteroatoms. The smallest absolute Gasteiger partial charge is 0.162 e. The fraction of sp³-hybridized carbons (Fsp3) is 0.200. The van der Waals surface area contributed by atoms with Crippen molar-refractivity contribution in [1.82, 2.24) is 5.32 Å². The van der Waals surface area contributed by atoms with Crippen LogP contribution in [-0.4, -0.2) is 27.0 Å². The summed E-state index contributed by atoms with van der Waals surface area (Å²) >= 11 is 0. The number of hydrogen-bond acceptors (Lipinski definition) is 5. The minimum atomic E-state index is -0.0764. The van der Waals surface area contributed by atoms with E-state index in [0.29, 0.717) is 6.54 Å². The van der Waals surface area contributed by atoms with Crippen LogP contribution in [0.5, 0.6) is 23.0 Å². The first kappa shape index (κ1) is 14.0. The van der Waals surface area contributed by atoms with E-state index in [-0.39, 0.29) is 23.0 Å². The number of rotatable bonds is 0. The van der Waals surface area contributed by atoms with Crippen LogP contribution >= 0.6 is 0 Å². The van der Waals surface area contributed by atoms with E-state index in [9.17, 15) is 10.2 Å². The number of fused-ring (bicyclic) bond motifs is 1. The third kappa shape index (κ3) is 3.13. The molecule has 1 aliphatic rings. The Kier molecular flexibility index (Phi) is 4.32. The molecule has 0 spiro atoms. The Morgan fingerprint density at radius 1 is 0.800 bits per heavy atom. The van der Waals surface area contributed by atoms with Crippen LogP contribution in [0.1, 0.15) is 11.1 Å². The normalized spacial score (nSPS) is 13.0. The number of aromatic hydroxyl groups is 4. The predicted octanol–water partition coefficient (Wildman–Crippen LogP) is 1.84. The summed E-state index contributed by atoms with van der Waals surface area (Å²) in [6, 6.07) is 9.56. The summed E-state index contributed by atoms with van der Waals surface area (Å²) in [5, 5.41) is 39.1. The van der Waals surface area contributed by atoms with Gasteiger partial charge in [-0.3, -0.25) is 0 Å². The molecule has 1 heterocycles. The van der Waals surface area contributed by atoms with Gasteiger partial charge in [-0.15, -0.1) is 0 Å². The third-order valence-electron chi connectivity index (χ3n) is 3.11. The Balaban J connectivity index is 0.000000160. The fourth-order valence-corrected chi connectivity index (χ4v) is 2.00. The Morgan fingerprint density at radius 3 is 2.05 bits per heavy atom. The lowest BCUT2D eigenvalue weighted by Crippen LogP contribution is -2.23. The number of hydrogen-bond donors (Lipinski definition) is 5. The summed E-state index contributed by atoms with van der Waals surface area (Å²) in [5.41, 5.74) is 1.96. The van der Waals surface area contributed by atoms with Crippen molar-refractivity contribution in [3.8, 4) is 23.0 Å². The van der Waals surface area contributed by atoms with Gasteiger partial charge in [-0.25, -0.2) is 0 Å². The van der Waals surface area contributed by atoms with Crippen LogP contribution in [0.15, 0.2) is 36.4 Å². The lowest BCUT2D eigenvalue weighted by atomic mass is 10.00. The molecular formula is C15H17NO4. The van der Waals surface area contributed by atoms with E-state index < -0.39 is 0 Å². The number of benzene rings is 2. The minimum absolute atomic E-state index is 0.0275. The number of nitrogens with one attached hydrogen (secondary N) is 1. The molecule has 2 aromatic carbocycles. The SMILES string of the molecule is Oc1ccc2c(c1O)CNCC2.Oc1ccccc1O. The van der Waals surface area contributed by atoms with Crippen molar-refractivity contribution in [1.29, 1.82) is 0 Å². The van der Waals surface area contributed by atoms with Crippen molar-refractivity contribution in [2.45, 2.75) is 13.0 Å². The lowest BCUT2D eigenvalue weighted by molar-refractivity contribution is 0.395. The van der Waals surface area contributed by atoms with Crippen molar-refractivity contribution >= 4 is 0 Å². The summed E-state index contributed by atoms with van der Waals surface area (Å²) in [5.74, 6) is -0.155. The Bertz CT molecular complexity index is 577. The molecule has 0 unspecified atom stereocenters. The molecule has 0 aromatic heterocycles. The van der Waals surface area contributed by atoms with Gasteiger partial charge in [-0.1, -0.05) is 18.2 Å². The molecule has 5 N–H and O–H groups in total. The first-order valence-corrected chi connectivity index (χ1v) is 6.30. The quantitative estimate of drug-likeness (QED) is 0.473. The first-order chi connectivity index (χ1) is 9.59. The van der Waals surface area contributed by atoms with E-state index in [1.807, 2.05) is 6.07 Å². The Hall–Kier alpha value is -2.40. The summed E-state index contributed by atoms with van der Waals surface area (Å²) in [7, 11) is 0. The maximum absolute atomic E-state index is 9.45. The number of para-hydroxylation sites is 2. The van der Waals surface area contributed by atoms with Crippen LogP contribution in [0, 0.1) is 0 Å². The van der Waals surface area contributed by atoms with Gasteiger partial charge in [0.15, 0.2) is 23.0 Å². The monoisotopic (exact) mass is 275 g/mol. The van der Waals surface area contributed by atoms with Gasteiger partial charge in [-0.2, -0.15) is 0 Å². The van der Waals surface area contributed by atoms with Crippen LogP contribution in [0.2, 0.25) is 0 Å². The van der Waals surface area contributed by atoms with Crippen LogP contribution < -0.4 is 5.32 Å².